The summed E-state index contributed by atoms with van der Waals surface area (Å²) >= 11 is 0. The molecule has 0 saturated heterocycles. The van der Waals surface area contributed by atoms with Gasteiger partial charge >= 0.3 is 0 Å². The molecule has 0 fully saturated rings. The number of fused-ring (bicyclic) bond motifs is 6. The first-order valence-electron chi connectivity index (χ1n) is 17.1. The van der Waals surface area contributed by atoms with Crippen LogP contribution >= 0.6 is 0 Å². The van der Waals surface area contributed by atoms with E-state index in [1.807, 2.05) is 95.6 Å². The van der Waals surface area contributed by atoms with Crippen LogP contribution in [0.15, 0.2) is 152 Å². The zero-order valence-electron chi connectivity index (χ0n) is 28.9. The molecule has 0 aliphatic carbocycles. The van der Waals surface area contributed by atoms with Crippen molar-refractivity contribution in [3.05, 3.63) is 152 Å². The first-order chi connectivity index (χ1) is 24.4. The normalized spacial score (nSPS) is 13.9. The molecule has 0 bridgehead atoms. The molecule has 0 unspecified atom stereocenters. The molecular formula is C39H27N5O. The number of rotatable bonds is 5. The number of para-hydroxylation sites is 2. The second-order valence-electron chi connectivity index (χ2n) is 10.8. The van der Waals surface area contributed by atoms with E-state index in [0.29, 0.717) is 29.7 Å². The molecular weight excluding hydrogens is 554 g/mol. The molecule has 214 valence electrons. The number of benzene rings is 5. The van der Waals surface area contributed by atoms with E-state index in [4.69, 9.17) is 16.6 Å². The Labute approximate surface area is 267 Å². The quantitative estimate of drug-likeness (QED) is 0.201. The first-order valence-corrected chi connectivity index (χ1v) is 14.6. The molecule has 8 aromatic rings. The molecule has 5 aromatic carbocycles. The minimum Gasteiger partial charge on any atom is -0.457 e. The zero-order valence-corrected chi connectivity index (χ0v) is 23.9. The smallest absolute Gasteiger partial charge is 0.144 e. The summed E-state index contributed by atoms with van der Waals surface area (Å²) in [5, 5.41) is 2.25. The van der Waals surface area contributed by atoms with Gasteiger partial charge in [0.1, 0.15) is 29.8 Å². The summed E-state index contributed by atoms with van der Waals surface area (Å²) in [5.74, 6) is 2.84. The Morgan fingerprint density at radius 3 is 2.44 bits per heavy atom. The number of aromatic nitrogens is 4. The van der Waals surface area contributed by atoms with Crippen LogP contribution in [-0.4, -0.2) is 19.1 Å². The molecule has 45 heavy (non-hydrogen) atoms. The number of imidazole rings is 1. The predicted molar refractivity (Wildman–Crippen MR) is 180 cm³/mol. The fourth-order valence-electron chi connectivity index (χ4n) is 6.18. The summed E-state index contributed by atoms with van der Waals surface area (Å²) in [6.07, 6.45) is 3.55. The Morgan fingerprint density at radius 2 is 1.53 bits per heavy atom. The number of nitrogens with zero attached hydrogens (tertiary/aromatic N) is 5. The maximum Gasteiger partial charge on any atom is 0.144 e. The lowest BCUT2D eigenvalue weighted by Crippen LogP contribution is -2.25. The van der Waals surface area contributed by atoms with Gasteiger partial charge in [-0.15, -0.1) is 0 Å². The number of ether oxygens (including phenoxy) is 1. The summed E-state index contributed by atoms with van der Waals surface area (Å²) in [6.45, 7) is 0.387. The molecule has 1 aliphatic rings. The molecule has 6 nitrogen and oxygen atoms in total. The van der Waals surface area contributed by atoms with Gasteiger partial charge in [0, 0.05) is 52.1 Å². The SMILES string of the molecule is [2H]c1c([2H])c([2H])c(-c2cn3c(n2)-c2ccccc2N(c2cccc(Oc4ccc5c6ccccc6n(-c6ccccn6)c5c4)c2)C3)c([2H])c1[2H]. The third kappa shape index (κ3) is 4.26. The van der Waals surface area contributed by atoms with E-state index in [-0.39, 0.29) is 29.7 Å². The van der Waals surface area contributed by atoms with Gasteiger partial charge in [-0.1, -0.05) is 72.7 Å². The molecule has 0 saturated carbocycles. The highest BCUT2D eigenvalue weighted by Crippen LogP contribution is 2.42. The highest BCUT2D eigenvalue weighted by molar-refractivity contribution is 6.09. The van der Waals surface area contributed by atoms with Gasteiger partial charge in [0.2, 0.25) is 0 Å². The van der Waals surface area contributed by atoms with E-state index in [2.05, 4.69) is 32.7 Å². The molecule has 1 aliphatic heterocycles. The van der Waals surface area contributed by atoms with Crippen molar-refractivity contribution < 1.29 is 11.6 Å². The third-order valence-corrected chi connectivity index (χ3v) is 8.15. The standard InChI is InChI=1S/C39H27N5O/c1-2-11-27(12-3-1)34-25-42-26-43(35-17-6-5-16-33(35)39(42)41-34)28-13-10-14-29(23-28)45-30-20-21-32-31-15-4-7-18-36(31)44(37(32)24-30)38-19-8-9-22-40-38/h1-25H,26H2/i1D,2D,3D,11D,12D. The van der Waals surface area contributed by atoms with Gasteiger partial charge in [-0.05, 0) is 54.6 Å². The van der Waals surface area contributed by atoms with Gasteiger partial charge in [-0.25, -0.2) is 9.97 Å². The van der Waals surface area contributed by atoms with Crippen molar-refractivity contribution in [3.63, 3.8) is 0 Å². The maximum absolute atomic E-state index is 8.49. The second kappa shape index (κ2) is 10.2. The second-order valence-corrected chi connectivity index (χ2v) is 10.8. The van der Waals surface area contributed by atoms with Crippen LogP contribution in [-0.2, 0) is 6.67 Å². The number of anilines is 2. The van der Waals surface area contributed by atoms with Gasteiger partial charge in [0.05, 0.1) is 29.3 Å². The van der Waals surface area contributed by atoms with Gasteiger partial charge in [0.15, 0.2) is 0 Å². The third-order valence-electron chi connectivity index (χ3n) is 8.15. The Kier molecular flexibility index (Phi) is 4.71. The largest absolute Gasteiger partial charge is 0.457 e. The molecule has 6 heteroatoms. The van der Waals surface area contributed by atoms with Gasteiger partial charge < -0.3 is 14.2 Å². The van der Waals surface area contributed by atoms with E-state index in [1.54, 1.807) is 12.4 Å². The van der Waals surface area contributed by atoms with Crippen LogP contribution in [0, 0.1) is 0 Å². The minimum atomic E-state index is -0.429. The number of hydrogen-bond donors (Lipinski definition) is 0. The molecule has 0 radical (unpaired) electrons. The Hall–Kier alpha value is -6.14. The van der Waals surface area contributed by atoms with Gasteiger partial charge in [-0.3, -0.25) is 4.57 Å². The summed E-state index contributed by atoms with van der Waals surface area (Å²) in [5.41, 5.74) is 5.14. The van der Waals surface area contributed by atoms with Gasteiger partial charge in [0.25, 0.3) is 0 Å². The minimum absolute atomic E-state index is 0.0800. The van der Waals surface area contributed by atoms with E-state index >= 15 is 0 Å². The van der Waals surface area contributed by atoms with Crippen LogP contribution in [0.3, 0.4) is 0 Å². The van der Waals surface area contributed by atoms with E-state index in [9.17, 15) is 0 Å². The van der Waals surface area contributed by atoms with Crippen molar-refractivity contribution in [2.75, 3.05) is 4.90 Å². The van der Waals surface area contributed by atoms with Crippen LogP contribution in [0.1, 0.15) is 6.85 Å². The fraction of sp³-hybridized carbons (Fsp3) is 0.0256. The summed E-state index contributed by atoms with van der Waals surface area (Å²) in [4.78, 5) is 11.6. The van der Waals surface area contributed by atoms with Crippen molar-refractivity contribution in [3.8, 4) is 40.0 Å². The molecule has 0 spiro atoms. The molecule has 3 aromatic heterocycles. The molecule has 0 atom stereocenters. The Bertz CT molecular complexity index is 2610. The Balaban J connectivity index is 1.09. The van der Waals surface area contributed by atoms with Crippen LogP contribution in [0.4, 0.5) is 11.4 Å². The lowest BCUT2D eigenvalue weighted by Gasteiger charge is -2.32. The topological polar surface area (TPSA) is 48.1 Å². The first kappa shape index (κ1) is 20.7. The molecule has 4 heterocycles. The van der Waals surface area contributed by atoms with Crippen LogP contribution < -0.4 is 9.64 Å². The lowest BCUT2D eigenvalue weighted by atomic mass is 10.1. The van der Waals surface area contributed by atoms with Crippen molar-refractivity contribution in [2.45, 2.75) is 6.67 Å². The fourth-order valence-corrected chi connectivity index (χ4v) is 6.18. The monoisotopic (exact) mass is 586 g/mol. The summed E-state index contributed by atoms with van der Waals surface area (Å²) in [6, 6.07) is 34.4. The van der Waals surface area contributed by atoms with Crippen LogP contribution in [0.25, 0.3) is 50.3 Å². The average Bonchev–Trinajstić information content (AvgIpc) is 3.72. The highest BCUT2D eigenvalue weighted by Gasteiger charge is 2.25. The van der Waals surface area contributed by atoms with Crippen molar-refractivity contribution in [2.24, 2.45) is 0 Å². The van der Waals surface area contributed by atoms with Crippen molar-refractivity contribution >= 4 is 33.2 Å². The number of pyridine rings is 1. The van der Waals surface area contributed by atoms with Crippen molar-refractivity contribution in [1.29, 1.82) is 0 Å². The zero-order chi connectivity index (χ0) is 34.1. The van der Waals surface area contributed by atoms with E-state index < -0.39 is 6.04 Å². The van der Waals surface area contributed by atoms with Gasteiger partial charge in [-0.2, -0.15) is 0 Å². The van der Waals surface area contributed by atoms with Crippen LogP contribution in [0.5, 0.6) is 11.5 Å². The van der Waals surface area contributed by atoms with Crippen molar-refractivity contribution in [1.82, 2.24) is 19.1 Å². The van der Waals surface area contributed by atoms with Crippen LogP contribution in [0.2, 0.25) is 0 Å². The predicted octanol–water partition coefficient (Wildman–Crippen LogP) is 9.61. The summed E-state index contributed by atoms with van der Waals surface area (Å²) in [7, 11) is 0. The Morgan fingerprint density at radius 1 is 0.711 bits per heavy atom. The summed E-state index contributed by atoms with van der Waals surface area (Å²) < 4.78 is 51.9. The maximum atomic E-state index is 8.49. The van der Waals surface area contributed by atoms with E-state index in [1.165, 1.54) is 0 Å². The average molecular weight is 587 g/mol. The van der Waals surface area contributed by atoms with E-state index in [0.717, 1.165) is 44.6 Å². The highest BCUT2D eigenvalue weighted by atomic mass is 16.5. The lowest BCUT2D eigenvalue weighted by molar-refractivity contribution is 0.483. The molecule has 0 N–H and O–H groups in total. The number of hydrogen-bond acceptors (Lipinski definition) is 4. The molecule has 9 rings (SSSR count). The molecule has 0 amide bonds.